The van der Waals surface area contributed by atoms with Gasteiger partial charge in [0.2, 0.25) is 0 Å². The van der Waals surface area contributed by atoms with Gasteiger partial charge in [0, 0.05) is 12.3 Å². The SMILES string of the molecule is CC(N=O)C1CCCCCCCCC1=O. The zero-order chi connectivity index (χ0) is 11.1. The summed E-state index contributed by atoms with van der Waals surface area (Å²) >= 11 is 0. The van der Waals surface area contributed by atoms with Crippen molar-refractivity contribution in [2.24, 2.45) is 11.1 Å². The highest BCUT2D eigenvalue weighted by molar-refractivity contribution is 5.81. The molecule has 1 fully saturated rings. The Hall–Kier alpha value is -0.730. The lowest BCUT2D eigenvalue weighted by atomic mass is 9.87. The highest BCUT2D eigenvalue weighted by Gasteiger charge is 2.25. The van der Waals surface area contributed by atoms with Crippen LogP contribution in [0, 0.1) is 10.8 Å². The topological polar surface area (TPSA) is 46.5 Å². The first-order valence-corrected chi connectivity index (χ1v) is 6.11. The fraction of sp³-hybridized carbons (Fsp3) is 0.917. The molecular formula is C12H21NO2. The predicted molar refractivity (Wildman–Crippen MR) is 60.7 cm³/mol. The molecule has 86 valence electrons. The number of nitrogens with zero attached hydrogens (tertiary/aromatic N) is 1. The van der Waals surface area contributed by atoms with Crippen molar-refractivity contribution in [2.75, 3.05) is 0 Å². The molecule has 0 aromatic rings. The Morgan fingerprint density at radius 1 is 1.13 bits per heavy atom. The molecule has 0 radical (unpaired) electrons. The van der Waals surface area contributed by atoms with Gasteiger partial charge in [-0.2, -0.15) is 4.91 Å². The quantitative estimate of drug-likeness (QED) is 0.656. The van der Waals surface area contributed by atoms with Crippen LogP contribution in [0.4, 0.5) is 0 Å². The fourth-order valence-corrected chi connectivity index (χ4v) is 2.30. The van der Waals surface area contributed by atoms with Crippen LogP contribution in [-0.4, -0.2) is 11.8 Å². The average Bonchev–Trinajstić information content (AvgIpc) is 2.26. The van der Waals surface area contributed by atoms with Crippen molar-refractivity contribution in [1.29, 1.82) is 0 Å². The molecular weight excluding hydrogens is 190 g/mol. The van der Waals surface area contributed by atoms with Gasteiger partial charge in [-0.15, -0.1) is 0 Å². The molecule has 1 rings (SSSR count). The van der Waals surface area contributed by atoms with E-state index in [4.69, 9.17) is 0 Å². The first kappa shape index (κ1) is 12.3. The van der Waals surface area contributed by atoms with Crippen molar-refractivity contribution in [3.63, 3.8) is 0 Å². The largest absolute Gasteiger partial charge is 0.299 e. The standard InChI is InChI=1S/C12H21NO2/c1-10(13-15)11-8-6-4-2-3-5-7-9-12(11)14/h10-11H,2-9H2,1H3. The monoisotopic (exact) mass is 211 g/mol. The van der Waals surface area contributed by atoms with Crippen LogP contribution in [-0.2, 0) is 4.79 Å². The summed E-state index contributed by atoms with van der Waals surface area (Å²) in [6.45, 7) is 1.77. The molecule has 2 unspecified atom stereocenters. The van der Waals surface area contributed by atoms with Gasteiger partial charge in [-0.3, -0.25) is 4.79 Å². The average molecular weight is 211 g/mol. The number of carbonyl (C=O) groups excluding carboxylic acids is 1. The molecule has 0 N–H and O–H groups in total. The van der Waals surface area contributed by atoms with Gasteiger partial charge in [0.15, 0.2) is 0 Å². The number of hydrogen-bond acceptors (Lipinski definition) is 3. The number of Topliss-reactive ketones (excluding diaryl/α,β-unsaturated/α-hetero) is 1. The van der Waals surface area contributed by atoms with Gasteiger partial charge in [0.05, 0.1) is 6.04 Å². The van der Waals surface area contributed by atoms with Gasteiger partial charge in [0.1, 0.15) is 5.78 Å². The molecule has 2 atom stereocenters. The second-order valence-electron chi connectivity index (χ2n) is 4.58. The van der Waals surface area contributed by atoms with Crippen LogP contribution in [0.5, 0.6) is 0 Å². The van der Waals surface area contributed by atoms with Gasteiger partial charge in [-0.1, -0.05) is 37.3 Å². The number of carbonyl (C=O) groups is 1. The van der Waals surface area contributed by atoms with E-state index in [2.05, 4.69) is 5.18 Å². The van der Waals surface area contributed by atoms with E-state index in [9.17, 15) is 9.70 Å². The van der Waals surface area contributed by atoms with Crippen molar-refractivity contribution in [3.8, 4) is 0 Å². The van der Waals surface area contributed by atoms with Gasteiger partial charge in [-0.05, 0) is 19.8 Å². The molecule has 1 aliphatic carbocycles. The first-order chi connectivity index (χ1) is 7.25. The Labute approximate surface area is 91.6 Å². The molecule has 1 saturated carbocycles. The summed E-state index contributed by atoms with van der Waals surface area (Å²) in [5.41, 5.74) is 0. The summed E-state index contributed by atoms with van der Waals surface area (Å²) in [4.78, 5) is 22.3. The van der Waals surface area contributed by atoms with E-state index in [1.54, 1.807) is 6.92 Å². The van der Waals surface area contributed by atoms with Crippen molar-refractivity contribution in [1.82, 2.24) is 0 Å². The summed E-state index contributed by atoms with van der Waals surface area (Å²) in [7, 11) is 0. The summed E-state index contributed by atoms with van der Waals surface area (Å²) in [6, 6.07) is -0.336. The molecule has 15 heavy (non-hydrogen) atoms. The third-order valence-corrected chi connectivity index (χ3v) is 3.35. The molecule has 0 saturated heterocycles. The maximum Gasteiger partial charge on any atom is 0.138 e. The zero-order valence-electron chi connectivity index (χ0n) is 9.58. The van der Waals surface area contributed by atoms with Crippen LogP contribution >= 0.6 is 0 Å². The first-order valence-electron chi connectivity index (χ1n) is 6.11. The van der Waals surface area contributed by atoms with Crippen LogP contribution in [0.2, 0.25) is 0 Å². The molecule has 0 bridgehead atoms. The van der Waals surface area contributed by atoms with Crippen LogP contribution in [0.3, 0.4) is 0 Å². The number of ketones is 1. The summed E-state index contributed by atoms with van der Waals surface area (Å²) in [5, 5.41) is 3.02. The summed E-state index contributed by atoms with van der Waals surface area (Å²) in [6.07, 6.45) is 8.41. The second kappa shape index (κ2) is 6.70. The maximum atomic E-state index is 11.8. The Morgan fingerprint density at radius 3 is 2.40 bits per heavy atom. The molecule has 1 aliphatic rings. The third-order valence-electron chi connectivity index (χ3n) is 3.35. The highest BCUT2D eigenvalue weighted by atomic mass is 16.3. The summed E-state index contributed by atoms with van der Waals surface area (Å²) < 4.78 is 0. The zero-order valence-corrected chi connectivity index (χ0v) is 9.58. The number of hydrogen-bond donors (Lipinski definition) is 0. The molecule has 0 aliphatic heterocycles. The number of rotatable bonds is 2. The Kier molecular flexibility index (Phi) is 5.51. The minimum absolute atomic E-state index is 0.111. The Morgan fingerprint density at radius 2 is 1.73 bits per heavy atom. The van der Waals surface area contributed by atoms with E-state index >= 15 is 0 Å². The third kappa shape index (κ3) is 4.10. The smallest absolute Gasteiger partial charge is 0.138 e. The lowest BCUT2D eigenvalue weighted by Crippen LogP contribution is -2.24. The molecule has 3 heteroatoms. The van der Waals surface area contributed by atoms with Crippen molar-refractivity contribution < 1.29 is 4.79 Å². The Balaban J connectivity index is 2.54. The minimum atomic E-state index is -0.336. The predicted octanol–water partition coefficient (Wildman–Crippen LogP) is 3.46. The molecule has 0 spiro atoms. The van der Waals surface area contributed by atoms with E-state index in [1.807, 2.05) is 0 Å². The normalized spacial score (nSPS) is 27.0. The summed E-state index contributed by atoms with van der Waals surface area (Å²) in [5.74, 6) is 0.143. The van der Waals surface area contributed by atoms with E-state index in [0.29, 0.717) is 6.42 Å². The molecule has 0 aromatic heterocycles. The van der Waals surface area contributed by atoms with Crippen molar-refractivity contribution in [2.45, 2.75) is 64.3 Å². The van der Waals surface area contributed by atoms with Gasteiger partial charge >= 0.3 is 0 Å². The molecule has 0 amide bonds. The fourth-order valence-electron chi connectivity index (χ4n) is 2.30. The van der Waals surface area contributed by atoms with Crippen LogP contribution < -0.4 is 0 Å². The highest BCUT2D eigenvalue weighted by Crippen LogP contribution is 2.22. The van der Waals surface area contributed by atoms with Crippen LogP contribution in [0.1, 0.15) is 58.3 Å². The molecule has 0 aromatic carbocycles. The minimum Gasteiger partial charge on any atom is -0.299 e. The van der Waals surface area contributed by atoms with E-state index in [1.165, 1.54) is 19.3 Å². The van der Waals surface area contributed by atoms with Crippen molar-refractivity contribution >= 4 is 5.78 Å². The number of nitroso groups, excluding NO2 is 1. The van der Waals surface area contributed by atoms with Crippen LogP contribution in [0.25, 0.3) is 0 Å². The lowest BCUT2D eigenvalue weighted by Gasteiger charge is -2.18. The van der Waals surface area contributed by atoms with E-state index < -0.39 is 0 Å². The Bertz CT molecular complexity index is 216. The molecule has 0 heterocycles. The van der Waals surface area contributed by atoms with E-state index in [0.717, 1.165) is 25.7 Å². The van der Waals surface area contributed by atoms with Gasteiger partial charge in [0.25, 0.3) is 0 Å². The second-order valence-corrected chi connectivity index (χ2v) is 4.58. The molecule has 3 nitrogen and oxygen atoms in total. The van der Waals surface area contributed by atoms with Crippen LogP contribution in [0.15, 0.2) is 5.18 Å². The van der Waals surface area contributed by atoms with E-state index in [-0.39, 0.29) is 17.7 Å². The maximum absolute atomic E-state index is 11.8. The van der Waals surface area contributed by atoms with Crippen molar-refractivity contribution in [3.05, 3.63) is 4.91 Å². The lowest BCUT2D eigenvalue weighted by molar-refractivity contribution is -0.123. The van der Waals surface area contributed by atoms with Gasteiger partial charge < -0.3 is 0 Å². The van der Waals surface area contributed by atoms with Gasteiger partial charge in [-0.25, -0.2) is 0 Å².